The number of aromatic nitrogens is 1. The molecule has 0 saturated carbocycles. The van der Waals surface area contributed by atoms with Crippen LogP contribution >= 0.6 is 11.3 Å². The van der Waals surface area contributed by atoms with Crippen molar-refractivity contribution in [3.63, 3.8) is 0 Å². The zero-order chi connectivity index (χ0) is 22.5. The third-order valence-electron chi connectivity index (χ3n) is 5.43. The van der Waals surface area contributed by atoms with Crippen LogP contribution in [0.15, 0.2) is 42.5 Å². The summed E-state index contributed by atoms with van der Waals surface area (Å²) in [6.07, 6.45) is 3.39. The van der Waals surface area contributed by atoms with Crippen LogP contribution in [0, 0.1) is 0 Å². The first kappa shape index (κ1) is 22.1. The van der Waals surface area contributed by atoms with E-state index < -0.39 is 0 Å². The largest absolute Gasteiger partial charge is 0.497 e. The molecule has 32 heavy (non-hydrogen) atoms. The average Bonchev–Trinajstić information content (AvgIpc) is 3.46. The molecule has 4 rings (SSSR count). The van der Waals surface area contributed by atoms with Gasteiger partial charge in [-0.2, -0.15) is 0 Å². The molecule has 1 aromatic heterocycles. The van der Waals surface area contributed by atoms with E-state index in [9.17, 15) is 4.79 Å². The minimum Gasteiger partial charge on any atom is -0.497 e. The highest BCUT2D eigenvalue weighted by Crippen LogP contribution is 2.33. The van der Waals surface area contributed by atoms with Gasteiger partial charge in [0.1, 0.15) is 5.75 Å². The van der Waals surface area contributed by atoms with E-state index in [1.54, 1.807) is 24.2 Å². The fourth-order valence-electron chi connectivity index (χ4n) is 3.49. The predicted octanol–water partition coefficient (Wildman–Crippen LogP) is 4.42. The van der Waals surface area contributed by atoms with Crippen LogP contribution in [0.25, 0.3) is 16.3 Å². The molecule has 1 amide bonds. The molecule has 0 N–H and O–H groups in total. The molecular weight excluding hydrogens is 426 g/mol. The van der Waals surface area contributed by atoms with Gasteiger partial charge in [-0.1, -0.05) is 31.3 Å². The van der Waals surface area contributed by atoms with Gasteiger partial charge in [-0.15, -0.1) is 0 Å². The van der Waals surface area contributed by atoms with Crippen molar-refractivity contribution in [2.75, 3.05) is 45.0 Å². The van der Waals surface area contributed by atoms with Crippen LogP contribution in [0.1, 0.15) is 19.4 Å². The standard InChI is InChI=1S/C24H27N3O4S/c1-4-26(5-2)12-13-27(24-25-19-9-8-18(29-3)15-22(19)32-24)23(28)11-7-17-6-10-20-21(14-17)31-16-30-20/h6-11,14-15H,4-5,12-13,16H2,1-3H3/b11-7+. The summed E-state index contributed by atoms with van der Waals surface area (Å²) in [7, 11) is 1.64. The lowest BCUT2D eigenvalue weighted by Gasteiger charge is -2.23. The summed E-state index contributed by atoms with van der Waals surface area (Å²) in [5.74, 6) is 2.08. The van der Waals surface area contributed by atoms with E-state index in [-0.39, 0.29) is 12.7 Å². The van der Waals surface area contributed by atoms with E-state index in [0.29, 0.717) is 17.4 Å². The summed E-state index contributed by atoms with van der Waals surface area (Å²) < 4.78 is 17.1. The number of nitrogens with zero attached hydrogens (tertiary/aromatic N) is 3. The Morgan fingerprint density at radius 2 is 1.94 bits per heavy atom. The number of hydrogen-bond donors (Lipinski definition) is 0. The molecule has 0 saturated heterocycles. The molecule has 2 heterocycles. The maximum absolute atomic E-state index is 13.2. The van der Waals surface area contributed by atoms with Gasteiger partial charge in [0.05, 0.1) is 17.3 Å². The molecule has 7 nitrogen and oxygen atoms in total. The fourth-order valence-corrected chi connectivity index (χ4v) is 4.52. The van der Waals surface area contributed by atoms with Crippen molar-refractivity contribution in [3.05, 3.63) is 48.0 Å². The van der Waals surface area contributed by atoms with Crippen molar-refractivity contribution in [2.24, 2.45) is 0 Å². The Hall–Kier alpha value is -3.10. The topological polar surface area (TPSA) is 64.1 Å². The van der Waals surface area contributed by atoms with Crippen LogP contribution < -0.4 is 19.1 Å². The SMILES string of the molecule is CCN(CC)CCN(C(=O)/C=C/c1ccc2c(c1)OCO2)c1nc2ccc(OC)cc2s1. The summed E-state index contributed by atoms with van der Waals surface area (Å²) in [6, 6.07) is 11.4. The van der Waals surface area contributed by atoms with Gasteiger partial charge in [0, 0.05) is 19.2 Å². The minimum absolute atomic E-state index is 0.110. The van der Waals surface area contributed by atoms with Gasteiger partial charge in [0.15, 0.2) is 16.6 Å². The quantitative estimate of drug-likeness (QED) is 0.447. The molecule has 0 atom stereocenters. The second kappa shape index (κ2) is 10.0. The summed E-state index contributed by atoms with van der Waals surface area (Å²) in [6.45, 7) is 7.67. The second-order valence-corrected chi connectivity index (χ2v) is 8.30. The zero-order valence-electron chi connectivity index (χ0n) is 18.5. The predicted molar refractivity (Wildman–Crippen MR) is 128 cm³/mol. The van der Waals surface area contributed by atoms with Gasteiger partial charge >= 0.3 is 0 Å². The van der Waals surface area contributed by atoms with E-state index in [1.807, 2.05) is 36.4 Å². The van der Waals surface area contributed by atoms with Crippen molar-refractivity contribution < 1.29 is 19.0 Å². The van der Waals surface area contributed by atoms with Gasteiger partial charge in [0.2, 0.25) is 6.79 Å². The number of fused-ring (bicyclic) bond motifs is 2. The van der Waals surface area contributed by atoms with Gasteiger partial charge in [-0.3, -0.25) is 9.69 Å². The molecule has 3 aromatic rings. The maximum atomic E-state index is 13.2. The number of ether oxygens (including phenoxy) is 3. The van der Waals surface area contributed by atoms with Gasteiger partial charge < -0.3 is 19.1 Å². The van der Waals surface area contributed by atoms with Crippen LogP contribution in [0.2, 0.25) is 0 Å². The Kier molecular flexibility index (Phi) is 6.92. The molecule has 0 bridgehead atoms. The van der Waals surface area contributed by atoms with Crippen LogP contribution in [-0.4, -0.2) is 55.9 Å². The number of rotatable bonds is 9. The van der Waals surface area contributed by atoms with Gasteiger partial charge in [-0.05, 0) is 55.1 Å². The highest BCUT2D eigenvalue weighted by atomic mass is 32.1. The molecule has 0 unspecified atom stereocenters. The van der Waals surface area contributed by atoms with Crippen LogP contribution in [0.3, 0.4) is 0 Å². The molecule has 8 heteroatoms. The summed E-state index contributed by atoms with van der Waals surface area (Å²) in [5.41, 5.74) is 1.73. The van der Waals surface area contributed by atoms with E-state index in [2.05, 4.69) is 18.7 Å². The van der Waals surface area contributed by atoms with Crippen LogP contribution in [-0.2, 0) is 4.79 Å². The van der Waals surface area contributed by atoms with Gasteiger partial charge in [0.25, 0.3) is 5.91 Å². The molecule has 168 valence electrons. The van der Waals surface area contributed by atoms with E-state index in [1.165, 1.54) is 11.3 Å². The smallest absolute Gasteiger partial charge is 0.252 e. The van der Waals surface area contributed by atoms with Crippen molar-refractivity contribution >= 4 is 38.7 Å². The van der Waals surface area contributed by atoms with Crippen molar-refractivity contribution in [2.45, 2.75) is 13.8 Å². The fraction of sp³-hybridized carbons (Fsp3) is 0.333. The number of amides is 1. The molecule has 0 spiro atoms. The third-order valence-corrected chi connectivity index (χ3v) is 6.47. The van der Waals surface area contributed by atoms with E-state index >= 15 is 0 Å². The van der Waals surface area contributed by atoms with Crippen LogP contribution in [0.4, 0.5) is 5.13 Å². The number of benzene rings is 2. The Balaban J connectivity index is 1.58. The minimum atomic E-state index is -0.110. The Labute approximate surface area is 191 Å². The molecule has 0 aliphatic carbocycles. The van der Waals surface area contributed by atoms with Gasteiger partial charge in [-0.25, -0.2) is 4.98 Å². The Bertz CT molecular complexity index is 1120. The lowest BCUT2D eigenvalue weighted by atomic mass is 10.2. The molecule has 1 aliphatic heterocycles. The number of carbonyl (C=O) groups is 1. The Morgan fingerprint density at radius 3 is 2.72 bits per heavy atom. The number of anilines is 1. The first-order valence-corrected chi connectivity index (χ1v) is 11.5. The lowest BCUT2D eigenvalue weighted by molar-refractivity contribution is -0.114. The van der Waals surface area contributed by atoms with Crippen molar-refractivity contribution in [3.8, 4) is 17.2 Å². The van der Waals surface area contributed by atoms with Crippen LogP contribution in [0.5, 0.6) is 17.2 Å². The number of hydrogen-bond acceptors (Lipinski definition) is 7. The van der Waals surface area contributed by atoms with Crippen molar-refractivity contribution in [1.29, 1.82) is 0 Å². The van der Waals surface area contributed by atoms with Crippen molar-refractivity contribution in [1.82, 2.24) is 9.88 Å². The molecular formula is C24H27N3O4S. The molecule has 2 aromatic carbocycles. The number of thiazole rings is 1. The lowest BCUT2D eigenvalue weighted by Crippen LogP contribution is -2.38. The number of methoxy groups -OCH3 is 1. The summed E-state index contributed by atoms with van der Waals surface area (Å²) in [4.78, 5) is 22.0. The number of likely N-dealkylation sites (N-methyl/N-ethyl adjacent to an activating group) is 1. The first-order valence-electron chi connectivity index (χ1n) is 10.7. The zero-order valence-corrected chi connectivity index (χ0v) is 19.4. The third kappa shape index (κ3) is 4.87. The highest BCUT2D eigenvalue weighted by Gasteiger charge is 2.19. The molecule has 0 fully saturated rings. The normalized spacial score (nSPS) is 12.8. The second-order valence-electron chi connectivity index (χ2n) is 7.29. The molecule has 1 aliphatic rings. The number of carbonyl (C=O) groups excluding carboxylic acids is 1. The molecule has 0 radical (unpaired) electrons. The highest BCUT2D eigenvalue weighted by molar-refractivity contribution is 7.22. The monoisotopic (exact) mass is 453 g/mol. The average molecular weight is 454 g/mol. The van der Waals surface area contributed by atoms with E-state index in [0.717, 1.165) is 46.9 Å². The maximum Gasteiger partial charge on any atom is 0.252 e. The summed E-state index contributed by atoms with van der Waals surface area (Å²) in [5, 5.41) is 0.681. The van der Waals surface area contributed by atoms with E-state index in [4.69, 9.17) is 19.2 Å². The Morgan fingerprint density at radius 1 is 1.12 bits per heavy atom. The first-order chi connectivity index (χ1) is 15.6. The summed E-state index contributed by atoms with van der Waals surface area (Å²) >= 11 is 1.49.